The number of benzene rings is 1. The van der Waals surface area contributed by atoms with Crippen LogP contribution in [0.3, 0.4) is 0 Å². The van der Waals surface area contributed by atoms with E-state index in [9.17, 15) is 22.8 Å². The highest BCUT2D eigenvalue weighted by molar-refractivity contribution is 5.81. The van der Waals surface area contributed by atoms with E-state index in [1.54, 1.807) is 12.1 Å². The molecular formula is C20H23F3N2O3. The second-order valence-electron chi connectivity index (χ2n) is 8.22. The Labute approximate surface area is 161 Å². The molecule has 0 aromatic heterocycles. The van der Waals surface area contributed by atoms with Crippen LogP contribution in [0.15, 0.2) is 24.3 Å². The normalized spacial score (nSPS) is 28.0. The van der Waals surface area contributed by atoms with Gasteiger partial charge in [0.2, 0.25) is 5.91 Å². The van der Waals surface area contributed by atoms with E-state index in [0.29, 0.717) is 32.5 Å². The zero-order valence-corrected chi connectivity index (χ0v) is 15.4. The summed E-state index contributed by atoms with van der Waals surface area (Å²) < 4.78 is 42.8. The Balaban J connectivity index is 1.30. The largest absolute Gasteiger partial charge is 0.447 e. The van der Waals surface area contributed by atoms with Crippen molar-refractivity contribution in [3.8, 4) is 0 Å². The molecule has 4 rings (SSSR count). The first-order valence-corrected chi connectivity index (χ1v) is 9.62. The van der Waals surface area contributed by atoms with Crippen LogP contribution in [-0.2, 0) is 16.0 Å². The highest BCUT2D eigenvalue weighted by Gasteiger charge is 2.53. The van der Waals surface area contributed by atoms with E-state index in [1.165, 1.54) is 6.07 Å². The van der Waals surface area contributed by atoms with Crippen LogP contribution in [-0.4, -0.2) is 48.3 Å². The molecular weight excluding hydrogens is 373 g/mol. The smallest absolute Gasteiger partial charge is 0.407 e. The average molecular weight is 396 g/mol. The molecule has 5 nitrogen and oxygen atoms in total. The van der Waals surface area contributed by atoms with Gasteiger partial charge in [-0.3, -0.25) is 4.79 Å². The minimum absolute atomic E-state index is 0.0892. The van der Waals surface area contributed by atoms with Gasteiger partial charge >= 0.3 is 12.3 Å². The number of amides is 2. The zero-order valence-electron chi connectivity index (χ0n) is 15.4. The van der Waals surface area contributed by atoms with Crippen molar-refractivity contribution in [1.29, 1.82) is 0 Å². The number of nitrogens with one attached hydrogen (secondary N) is 1. The minimum Gasteiger partial charge on any atom is -0.447 e. The van der Waals surface area contributed by atoms with Gasteiger partial charge < -0.3 is 15.0 Å². The Bertz CT molecular complexity index is 766. The van der Waals surface area contributed by atoms with Crippen LogP contribution in [0.25, 0.3) is 0 Å². The molecule has 2 aliphatic heterocycles. The fraction of sp³-hybridized carbons (Fsp3) is 0.600. The lowest BCUT2D eigenvalue weighted by Gasteiger charge is -2.45. The summed E-state index contributed by atoms with van der Waals surface area (Å²) in [6.07, 6.45) is -2.83. The number of alkyl carbamates (subject to hydrolysis) is 1. The average Bonchev–Trinajstić information content (AvgIpc) is 3.01. The van der Waals surface area contributed by atoms with Gasteiger partial charge in [-0.05, 0) is 42.7 Å². The fourth-order valence-corrected chi connectivity index (χ4v) is 4.65. The number of rotatable bonds is 3. The van der Waals surface area contributed by atoms with Crippen molar-refractivity contribution in [2.75, 3.05) is 19.7 Å². The first kappa shape index (κ1) is 19.1. The van der Waals surface area contributed by atoms with Gasteiger partial charge in [-0.1, -0.05) is 24.3 Å². The summed E-state index contributed by atoms with van der Waals surface area (Å²) in [5, 5.41) is 2.79. The molecule has 1 N–H and O–H groups in total. The molecule has 2 saturated heterocycles. The number of hydrogen-bond donors (Lipinski definition) is 1. The molecule has 152 valence electrons. The number of nitrogens with zero attached hydrogens (tertiary/aromatic N) is 1. The van der Waals surface area contributed by atoms with Gasteiger partial charge in [0, 0.05) is 19.0 Å². The highest BCUT2D eigenvalue weighted by Crippen LogP contribution is 2.42. The van der Waals surface area contributed by atoms with E-state index in [4.69, 9.17) is 4.74 Å². The number of hydrogen-bond acceptors (Lipinski definition) is 3. The Morgan fingerprint density at radius 1 is 1.25 bits per heavy atom. The number of carbonyl (C=O) groups is 2. The van der Waals surface area contributed by atoms with E-state index in [2.05, 4.69) is 5.32 Å². The molecule has 1 aromatic carbocycles. The molecule has 8 heteroatoms. The Kier molecular flexibility index (Phi) is 4.75. The second-order valence-corrected chi connectivity index (χ2v) is 8.22. The molecule has 2 heterocycles. The van der Waals surface area contributed by atoms with Gasteiger partial charge in [-0.25, -0.2) is 4.79 Å². The van der Waals surface area contributed by atoms with Gasteiger partial charge in [0.1, 0.15) is 6.61 Å². The van der Waals surface area contributed by atoms with Crippen molar-refractivity contribution in [2.45, 2.75) is 49.7 Å². The quantitative estimate of drug-likeness (QED) is 0.852. The molecule has 1 aromatic rings. The van der Waals surface area contributed by atoms with Gasteiger partial charge in [-0.2, -0.15) is 13.2 Å². The lowest BCUT2D eigenvalue weighted by Crippen LogP contribution is -2.58. The predicted octanol–water partition coefficient (Wildman–Crippen LogP) is 3.39. The van der Waals surface area contributed by atoms with Crippen LogP contribution in [0.1, 0.15) is 42.7 Å². The number of likely N-dealkylation sites (tertiary alicyclic amines) is 1. The topological polar surface area (TPSA) is 58.6 Å². The van der Waals surface area contributed by atoms with E-state index < -0.39 is 18.7 Å². The van der Waals surface area contributed by atoms with Crippen LogP contribution >= 0.6 is 0 Å². The van der Waals surface area contributed by atoms with Crippen LogP contribution in [0, 0.1) is 5.92 Å². The summed E-state index contributed by atoms with van der Waals surface area (Å²) in [4.78, 5) is 25.8. The van der Waals surface area contributed by atoms with Crippen molar-refractivity contribution in [2.24, 2.45) is 5.92 Å². The Morgan fingerprint density at radius 3 is 2.57 bits per heavy atom. The van der Waals surface area contributed by atoms with E-state index >= 15 is 0 Å². The number of alkyl halides is 3. The van der Waals surface area contributed by atoms with Gasteiger partial charge in [-0.15, -0.1) is 0 Å². The van der Waals surface area contributed by atoms with E-state index in [-0.39, 0.29) is 28.8 Å². The summed E-state index contributed by atoms with van der Waals surface area (Å²) in [5.74, 6) is 0.192. The first-order valence-electron chi connectivity index (χ1n) is 9.62. The number of halogens is 3. The summed E-state index contributed by atoms with van der Waals surface area (Å²) in [6.45, 7) is 1.55. The standard InChI is InChI=1S/C20H23F3N2O3/c21-20(22,23)9-13-2-1-3-15(8-13)14-4-6-25(7-5-14)17(26)16-10-19(11-16)12-28-18(27)24-19/h1-3,8,14,16H,4-7,9-12H2,(H,24,27). The minimum atomic E-state index is -4.21. The third-order valence-corrected chi connectivity index (χ3v) is 6.10. The van der Waals surface area contributed by atoms with E-state index in [0.717, 1.165) is 18.4 Å². The molecule has 3 fully saturated rings. The Morgan fingerprint density at radius 2 is 1.96 bits per heavy atom. The SMILES string of the molecule is O=C1NC2(CO1)CC(C(=O)N1CCC(c3cccc(CC(F)(F)F)c3)CC1)C2. The van der Waals surface area contributed by atoms with Crippen LogP contribution in [0.4, 0.5) is 18.0 Å². The maximum absolute atomic E-state index is 12.7. The zero-order chi connectivity index (χ0) is 19.9. The van der Waals surface area contributed by atoms with E-state index in [1.807, 2.05) is 11.0 Å². The van der Waals surface area contributed by atoms with Gasteiger partial charge in [0.15, 0.2) is 0 Å². The monoisotopic (exact) mass is 396 g/mol. The molecule has 2 amide bonds. The molecule has 0 radical (unpaired) electrons. The third-order valence-electron chi connectivity index (χ3n) is 6.10. The number of ether oxygens (including phenoxy) is 1. The third kappa shape index (κ3) is 3.95. The summed E-state index contributed by atoms with van der Waals surface area (Å²) in [5.41, 5.74) is 0.834. The summed E-state index contributed by atoms with van der Waals surface area (Å²) >= 11 is 0. The van der Waals surface area contributed by atoms with Gasteiger partial charge in [0.25, 0.3) is 0 Å². The lowest BCUT2D eigenvalue weighted by molar-refractivity contribution is -0.142. The van der Waals surface area contributed by atoms with Crippen molar-refractivity contribution in [3.05, 3.63) is 35.4 Å². The van der Waals surface area contributed by atoms with Crippen LogP contribution in [0.5, 0.6) is 0 Å². The number of piperidine rings is 1. The maximum Gasteiger partial charge on any atom is 0.407 e. The molecule has 28 heavy (non-hydrogen) atoms. The van der Waals surface area contributed by atoms with Crippen LogP contribution < -0.4 is 5.32 Å². The molecule has 0 bridgehead atoms. The summed E-state index contributed by atoms with van der Waals surface area (Å²) in [6, 6.07) is 6.71. The number of carbonyl (C=O) groups excluding carboxylic acids is 2. The fourth-order valence-electron chi connectivity index (χ4n) is 4.65. The second kappa shape index (κ2) is 6.97. The first-order chi connectivity index (χ1) is 13.2. The molecule has 1 spiro atoms. The van der Waals surface area contributed by atoms with Crippen molar-refractivity contribution < 1.29 is 27.5 Å². The lowest BCUT2D eigenvalue weighted by atomic mass is 9.68. The van der Waals surface area contributed by atoms with Crippen molar-refractivity contribution in [3.63, 3.8) is 0 Å². The van der Waals surface area contributed by atoms with Gasteiger partial charge in [0.05, 0.1) is 12.0 Å². The molecule has 1 aliphatic carbocycles. The van der Waals surface area contributed by atoms with Crippen molar-refractivity contribution >= 4 is 12.0 Å². The molecule has 1 saturated carbocycles. The summed E-state index contributed by atoms with van der Waals surface area (Å²) in [7, 11) is 0. The highest BCUT2D eigenvalue weighted by atomic mass is 19.4. The predicted molar refractivity (Wildman–Crippen MR) is 94.7 cm³/mol. The van der Waals surface area contributed by atoms with Crippen LogP contribution in [0.2, 0.25) is 0 Å². The Hall–Kier alpha value is -2.25. The molecule has 0 unspecified atom stereocenters. The molecule has 0 atom stereocenters. The molecule has 3 aliphatic rings. The number of cyclic esters (lactones) is 1. The van der Waals surface area contributed by atoms with Crippen molar-refractivity contribution in [1.82, 2.24) is 10.2 Å². The maximum atomic E-state index is 12.7.